The molecule has 1 aromatic rings. The van der Waals surface area contributed by atoms with E-state index in [1.807, 2.05) is 0 Å². The third-order valence-corrected chi connectivity index (χ3v) is 3.59. The Morgan fingerprint density at radius 2 is 2.12 bits per heavy atom. The molecule has 24 heavy (non-hydrogen) atoms. The second kappa shape index (κ2) is 8.58. The molecule has 1 aliphatic rings. The predicted molar refractivity (Wildman–Crippen MR) is 87.3 cm³/mol. The molecule has 1 fully saturated rings. The first kappa shape index (κ1) is 20.6. The fourth-order valence-corrected chi connectivity index (χ4v) is 2.53. The predicted octanol–water partition coefficient (Wildman–Crippen LogP) is 3.28. The Morgan fingerprint density at radius 3 is 2.67 bits per heavy atom. The molecule has 0 aliphatic carbocycles. The van der Waals surface area contributed by atoms with Gasteiger partial charge in [0.2, 0.25) is 5.91 Å². The molecule has 1 aliphatic heterocycles. The maximum Gasteiger partial charge on any atom is 0.416 e. The molecule has 0 spiro atoms. The number of carbonyl (C=O) groups is 1. The van der Waals surface area contributed by atoms with Crippen molar-refractivity contribution in [2.75, 3.05) is 6.54 Å². The molecule has 8 heteroatoms. The molecule has 2 N–H and O–H groups in total. The molecule has 1 heterocycles. The van der Waals surface area contributed by atoms with Crippen molar-refractivity contribution in [2.24, 2.45) is 0 Å². The van der Waals surface area contributed by atoms with E-state index in [1.54, 1.807) is 13.8 Å². The molecule has 4 nitrogen and oxygen atoms in total. The van der Waals surface area contributed by atoms with Gasteiger partial charge in [0.05, 0.1) is 17.7 Å². The van der Waals surface area contributed by atoms with Crippen molar-refractivity contribution in [2.45, 2.75) is 51.6 Å². The van der Waals surface area contributed by atoms with Crippen LogP contribution in [0.25, 0.3) is 0 Å². The number of ether oxygens (including phenoxy) is 1. The standard InChI is InChI=1S/C16H21F3N2O2.ClH/c1-10(2)23-12-6-5-11(13(8-12)16(17,18)19)9-21-15(22)14-4-3-7-20-14;/h5-6,8,10,14,20H,3-4,7,9H2,1-2H3,(H,21,22);1H. The second-order valence-corrected chi connectivity index (χ2v) is 5.85. The molecular weight excluding hydrogens is 345 g/mol. The van der Waals surface area contributed by atoms with E-state index in [0.717, 1.165) is 19.0 Å². The number of rotatable bonds is 5. The Bertz CT molecular complexity index is 559. The van der Waals surface area contributed by atoms with Crippen molar-refractivity contribution >= 4 is 18.3 Å². The third-order valence-electron chi connectivity index (χ3n) is 3.59. The molecule has 1 unspecified atom stereocenters. The molecule has 1 aromatic carbocycles. The van der Waals surface area contributed by atoms with Crippen LogP contribution in [0.2, 0.25) is 0 Å². The van der Waals surface area contributed by atoms with Crippen LogP contribution in [0.3, 0.4) is 0 Å². The monoisotopic (exact) mass is 366 g/mol. The fourth-order valence-electron chi connectivity index (χ4n) is 2.53. The summed E-state index contributed by atoms with van der Waals surface area (Å²) in [5, 5.41) is 5.59. The van der Waals surface area contributed by atoms with Crippen LogP contribution in [0.1, 0.15) is 37.8 Å². The summed E-state index contributed by atoms with van der Waals surface area (Å²) in [6.45, 7) is 4.09. The molecule has 2 rings (SSSR count). The number of nitrogens with one attached hydrogen (secondary N) is 2. The van der Waals surface area contributed by atoms with Gasteiger partial charge in [-0.05, 0) is 50.9 Å². The Morgan fingerprint density at radius 1 is 1.42 bits per heavy atom. The highest BCUT2D eigenvalue weighted by molar-refractivity contribution is 5.85. The minimum Gasteiger partial charge on any atom is -0.491 e. The van der Waals surface area contributed by atoms with Gasteiger partial charge in [-0.1, -0.05) is 6.07 Å². The van der Waals surface area contributed by atoms with E-state index in [-0.39, 0.29) is 48.3 Å². The Labute approximate surface area is 145 Å². The number of alkyl halides is 3. The largest absolute Gasteiger partial charge is 0.491 e. The zero-order chi connectivity index (χ0) is 17.0. The van der Waals surface area contributed by atoms with E-state index >= 15 is 0 Å². The first-order valence-electron chi connectivity index (χ1n) is 7.65. The van der Waals surface area contributed by atoms with Gasteiger partial charge in [-0.3, -0.25) is 4.79 Å². The van der Waals surface area contributed by atoms with Crippen LogP contribution in [-0.2, 0) is 17.5 Å². The van der Waals surface area contributed by atoms with Crippen molar-refractivity contribution in [1.29, 1.82) is 0 Å². The van der Waals surface area contributed by atoms with Gasteiger partial charge >= 0.3 is 6.18 Å². The smallest absolute Gasteiger partial charge is 0.416 e. The summed E-state index contributed by atoms with van der Waals surface area (Å²) in [7, 11) is 0. The van der Waals surface area contributed by atoms with Crippen LogP contribution in [0.15, 0.2) is 18.2 Å². The Balaban J connectivity index is 0.00000288. The Kier molecular flexibility index (Phi) is 7.35. The summed E-state index contributed by atoms with van der Waals surface area (Å²) in [5.41, 5.74) is -0.754. The van der Waals surface area contributed by atoms with Gasteiger partial charge in [0.25, 0.3) is 0 Å². The van der Waals surface area contributed by atoms with E-state index in [9.17, 15) is 18.0 Å². The van der Waals surface area contributed by atoms with Crippen molar-refractivity contribution in [3.8, 4) is 5.75 Å². The van der Waals surface area contributed by atoms with Crippen LogP contribution in [-0.4, -0.2) is 24.6 Å². The van der Waals surface area contributed by atoms with Crippen molar-refractivity contribution < 1.29 is 22.7 Å². The average Bonchev–Trinajstić information content (AvgIpc) is 2.98. The number of carbonyl (C=O) groups excluding carboxylic acids is 1. The van der Waals surface area contributed by atoms with Gasteiger partial charge in [0.15, 0.2) is 0 Å². The summed E-state index contributed by atoms with van der Waals surface area (Å²) in [6.07, 6.45) is -3.11. The molecule has 0 radical (unpaired) electrons. The lowest BCUT2D eigenvalue weighted by atomic mass is 10.1. The lowest BCUT2D eigenvalue weighted by Gasteiger charge is -2.17. The van der Waals surface area contributed by atoms with Gasteiger partial charge in [-0.15, -0.1) is 12.4 Å². The van der Waals surface area contributed by atoms with Gasteiger partial charge in [-0.2, -0.15) is 13.2 Å². The molecular formula is C16H22ClF3N2O2. The van der Waals surface area contributed by atoms with Crippen molar-refractivity contribution in [1.82, 2.24) is 10.6 Å². The molecule has 0 aromatic heterocycles. The highest BCUT2D eigenvalue weighted by Gasteiger charge is 2.34. The Hall–Kier alpha value is -1.47. The summed E-state index contributed by atoms with van der Waals surface area (Å²) < 4.78 is 44.9. The normalized spacial score (nSPS) is 17.5. The van der Waals surface area contributed by atoms with Crippen LogP contribution < -0.4 is 15.4 Å². The van der Waals surface area contributed by atoms with E-state index < -0.39 is 11.7 Å². The lowest BCUT2D eigenvalue weighted by Crippen LogP contribution is -2.40. The van der Waals surface area contributed by atoms with E-state index in [2.05, 4.69) is 10.6 Å². The lowest BCUT2D eigenvalue weighted by molar-refractivity contribution is -0.138. The minimum absolute atomic E-state index is 0. The fraction of sp³-hybridized carbons (Fsp3) is 0.562. The SMILES string of the molecule is CC(C)Oc1ccc(CNC(=O)C2CCCN2)c(C(F)(F)F)c1.Cl. The first-order chi connectivity index (χ1) is 10.8. The first-order valence-corrected chi connectivity index (χ1v) is 7.65. The van der Waals surface area contributed by atoms with Crippen LogP contribution in [0, 0.1) is 0 Å². The number of amides is 1. The molecule has 0 bridgehead atoms. The van der Waals surface area contributed by atoms with E-state index in [4.69, 9.17) is 4.74 Å². The van der Waals surface area contributed by atoms with Gasteiger partial charge in [0, 0.05) is 6.54 Å². The van der Waals surface area contributed by atoms with Crippen LogP contribution >= 0.6 is 12.4 Å². The summed E-state index contributed by atoms with van der Waals surface area (Å²) in [6, 6.07) is 3.51. The summed E-state index contributed by atoms with van der Waals surface area (Å²) in [5.74, 6) is -0.0991. The van der Waals surface area contributed by atoms with Gasteiger partial charge < -0.3 is 15.4 Å². The highest BCUT2D eigenvalue weighted by atomic mass is 35.5. The maximum atomic E-state index is 13.2. The molecule has 136 valence electrons. The average molecular weight is 367 g/mol. The van der Waals surface area contributed by atoms with Crippen LogP contribution in [0.4, 0.5) is 13.2 Å². The summed E-state index contributed by atoms with van der Waals surface area (Å²) >= 11 is 0. The van der Waals surface area contributed by atoms with Crippen LogP contribution in [0.5, 0.6) is 5.75 Å². The minimum atomic E-state index is -4.50. The van der Waals surface area contributed by atoms with Crippen molar-refractivity contribution in [3.63, 3.8) is 0 Å². The zero-order valence-electron chi connectivity index (χ0n) is 13.6. The topological polar surface area (TPSA) is 50.4 Å². The quantitative estimate of drug-likeness (QED) is 0.840. The molecule has 1 amide bonds. The van der Waals surface area contributed by atoms with E-state index in [0.29, 0.717) is 6.42 Å². The number of hydrogen-bond acceptors (Lipinski definition) is 3. The number of benzene rings is 1. The molecule has 1 saturated heterocycles. The number of hydrogen-bond donors (Lipinski definition) is 2. The number of halogens is 4. The molecule has 1 atom stereocenters. The van der Waals surface area contributed by atoms with Crippen molar-refractivity contribution in [3.05, 3.63) is 29.3 Å². The third kappa shape index (κ3) is 5.56. The molecule has 0 saturated carbocycles. The second-order valence-electron chi connectivity index (χ2n) is 5.85. The maximum absolute atomic E-state index is 13.2. The van der Waals surface area contributed by atoms with Gasteiger partial charge in [0.1, 0.15) is 5.75 Å². The van der Waals surface area contributed by atoms with E-state index in [1.165, 1.54) is 12.1 Å². The van der Waals surface area contributed by atoms with Gasteiger partial charge in [-0.25, -0.2) is 0 Å². The highest BCUT2D eigenvalue weighted by Crippen LogP contribution is 2.34. The zero-order valence-corrected chi connectivity index (χ0v) is 14.4. The summed E-state index contributed by atoms with van der Waals surface area (Å²) in [4.78, 5) is 11.9.